The quantitative estimate of drug-likeness (QED) is 0.865. The second kappa shape index (κ2) is 6.46. The first-order valence-corrected chi connectivity index (χ1v) is 8.16. The SMILES string of the molecule is CC(NC(=O)C1CCCCC1)C(=O)Nc1nncn1C1CC1. The van der Waals surface area contributed by atoms with Crippen molar-refractivity contribution >= 4 is 17.8 Å². The molecule has 120 valence electrons. The number of amides is 2. The van der Waals surface area contributed by atoms with Crippen LogP contribution in [0.15, 0.2) is 6.33 Å². The molecule has 2 aliphatic carbocycles. The second-order valence-corrected chi connectivity index (χ2v) is 6.35. The number of rotatable bonds is 5. The summed E-state index contributed by atoms with van der Waals surface area (Å²) in [5.41, 5.74) is 0. The molecule has 0 bridgehead atoms. The molecule has 2 saturated carbocycles. The van der Waals surface area contributed by atoms with E-state index < -0.39 is 6.04 Å². The van der Waals surface area contributed by atoms with Crippen LogP contribution in [-0.4, -0.2) is 32.6 Å². The van der Waals surface area contributed by atoms with Crippen molar-refractivity contribution in [2.45, 2.75) is 64.0 Å². The molecular formula is C15H23N5O2. The molecule has 0 aromatic carbocycles. The summed E-state index contributed by atoms with van der Waals surface area (Å²) >= 11 is 0. The summed E-state index contributed by atoms with van der Waals surface area (Å²) < 4.78 is 1.88. The molecule has 0 radical (unpaired) electrons. The van der Waals surface area contributed by atoms with Gasteiger partial charge in [-0.25, -0.2) is 0 Å². The van der Waals surface area contributed by atoms with E-state index in [4.69, 9.17) is 0 Å². The summed E-state index contributed by atoms with van der Waals surface area (Å²) in [6.45, 7) is 1.70. The van der Waals surface area contributed by atoms with Gasteiger partial charge in [-0.1, -0.05) is 19.3 Å². The van der Waals surface area contributed by atoms with Crippen LogP contribution in [0.3, 0.4) is 0 Å². The molecule has 0 spiro atoms. The Labute approximate surface area is 129 Å². The summed E-state index contributed by atoms with van der Waals surface area (Å²) in [6.07, 6.45) is 9.08. The maximum Gasteiger partial charge on any atom is 0.249 e. The average molecular weight is 305 g/mol. The number of nitrogens with one attached hydrogen (secondary N) is 2. The van der Waals surface area contributed by atoms with E-state index in [1.54, 1.807) is 13.3 Å². The third-order valence-electron chi connectivity index (χ3n) is 4.48. The van der Waals surface area contributed by atoms with Crippen LogP contribution in [0.1, 0.15) is 57.9 Å². The van der Waals surface area contributed by atoms with Crippen molar-refractivity contribution in [3.05, 3.63) is 6.33 Å². The minimum Gasteiger partial charge on any atom is -0.344 e. The van der Waals surface area contributed by atoms with Gasteiger partial charge in [0.05, 0.1) is 0 Å². The monoisotopic (exact) mass is 305 g/mol. The molecule has 3 rings (SSSR count). The first-order valence-electron chi connectivity index (χ1n) is 8.16. The Kier molecular flexibility index (Phi) is 4.40. The Balaban J connectivity index is 1.52. The normalized spacial score (nSPS) is 20.4. The van der Waals surface area contributed by atoms with Crippen molar-refractivity contribution in [3.8, 4) is 0 Å². The molecule has 1 unspecified atom stereocenters. The first kappa shape index (κ1) is 15.0. The molecule has 1 atom stereocenters. The molecule has 2 amide bonds. The smallest absolute Gasteiger partial charge is 0.249 e. The van der Waals surface area contributed by atoms with Crippen LogP contribution in [0, 0.1) is 5.92 Å². The van der Waals surface area contributed by atoms with Crippen molar-refractivity contribution in [3.63, 3.8) is 0 Å². The highest BCUT2D eigenvalue weighted by Crippen LogP contribution is 2.36. The Hall–Kier alpha value is -1.92. The fourth-order valence-corrected chi connectivity index (χ4v) is 2.93. The third kappa shape index (κ3) is 3.45. The highest BCUT2D eigenvalue weighted by Gasteiger charge is 2.28. The van der Waals surface area contributed by atoms with Crippen LogP contribution in [0.4, 0.5) is 5.95 Å². The molecule has 1 aromatic rings. The van der Waals surface area contributed by atoms with E-state index in [0.717, 1.165) is 38.5 Å². The van der Waals surface area contributed by atoms with Crippen molar-refractivity contribution in [2.24, 2.45) is 5.92 Å². The van der Waals surface area contributed by atoms with Gasteiger partial charge in [-0.3, -0.25) is 19.5 Å². The number of aromatic nitrogens is 3. The van der Waals surface area contributed by atoms with Gasteiger partial charge in [0.25, 0.3) is 0 Å². The van der Waals surface area contributed by atoms with Crippen LogP contribution in [0.25, 0.3) is 0 Å². The van der Waals surface area contributed by atoms with Crippen LogP contribution in [-0.2, 0) is 9.59 Å². The number of hydrogen-bond donors (Lipinski definition) is 2. The predicted octanol–water partition coefficient (Wildman–Crippen LogP) is 1.64. The van der Waals surface area contributed by atoms with Crippen LogP contribution >= 0.6 is 0 Å². The fraction of sp³-hybridized carbons (Fsp3) is 0.733. The molecule has 2 fully saturated rings. The largest absolute Gasteiger partial charge is 0.344 e. The maximum atomic E-state index is 12.2. The number of carbonyl (C=O) groups is 2. The standard InChI is InChI=1S/C15H23N5O2/c1-10(17-14(22)11-5-3-2-4-6-11)13(21)18-15-19-16-9-20(15)12-7-8-12/h9-12H,2-8H2,1H3,(H,17,22)(H,18,19,21). The van der Waals surface area contributed by atoms with Gasteiger partial charge in [0.2, 0.25) is 17.8 Å². The van der Waals surface area contributed by atoms with Crippen LogP contribution < -0.4 is 10.6 Å². The molecule has 22 heavy (non-hydrogen) atoms. The maximum absolute atomic E-state index is 12.2. The highest BCUT2D eigenvalue weighted by atomic mass is 16.2. The van der Waals surface area contributed by atoms with E-state index in [-0.39, 0.29) is 17.7 Å². The van der Waals surface area contributed by atoms with Gasteiger partial charge in [0.1, 0.15) is 12.4 Å². The van der Waals surface area contributed by atoms with E-state index in [1.165, 1.54) is 6.42 Å². The van der Waals surface area contributed by atoms with Crippen LogP contribution in [0.5, 0.6) is 0 Å². The number of hydrogen-bond acceptors (Lipinski definition) is 4. The van der Waals surface area contributed by atoms with E-state index >= 15 is 0 Å². The lowest BCUT2D eigenvalue weighted by Crippen LogP contribution is -2.44. The van der Waals surface area contributed by atoms with Gasteiger partial charge < -0.3 is 5.32 Å². The zero-order valence-corrected chi connectivity index (χ0v) is 12.9. The number of nitrogens with zero attached hydrogens (tertiary/aromatic N) is 3. The molecular weight excluding hydrogens is 282 g/mol. The van der Waals surface area contributed by atoms with Crippen molar-refractivity contribution in [1.82, 2.24) is 20.1 Å². The van der Waals surface area contributed by atoms with Gasteiger partial charge in [-0.15, -0.1) is 10.2 Å². The van der Waals surface area contributed by atoms with Gasteiger partial charge in [0, 0.05) is 12.0 Å². The van der Waals surface area contributed by atoms with Gasteiger partial charge in [-0.05, 0) is 32.6 Å². The molecule has 7 heteroatoms. The summed E-state index contributed by atoms with van der Waals surface area (Å²) in [6, 6.07) is -0.170. The van der Waals surface area contributed by atoms with Gasteiger partial charge in [0.15, 0.2) is 0 Å². The summed E-state index contributed by atoms with van der Waals surface area (Å²) in [7, 11) is 0. The van der Waals surface area contributed by atoms with Crippen molar-refractivity contribution in [1.29, 1.82) is 0 Å². The second-order valence-electron chi connectivity index (χ2n) is 6.35. The number of carbonyl (C=O) groups excluding carboxylic acids is 2. The van der Waals surface area contributed by atoms with Gasteiger partial charge >= 0.3 is 0 Å². The Morgan fingerprint density at radius 2 is 1.95 bits per heavy atom. The predicted molar refractivity (Wildman–Crippen MR) is 81.1 cm³/mol. The van der Waals surface area contributed by atoms with E-state index in [9.17, 15) is 9.59 Å². The molecule has 7 nitrogen and oxygen atoms in total. The van der Waals surface area contributed by atoms with E-state index in [0.29, 0.717) is 12.0 Å². The average Bonchev–Trinajstić information content (AvgIpc) is 3.28. The summed E-state index contributed by atoms with van der Waals surface area (Å²) in [5, 5.41) is 13.4. The van der Waals surface area contributed by atoms with Crippen molar-refractivity contribution in [2.75, 3.05) is 5.32 Å². The Bertz CT molecular complexity index is 546. The molecule has 0 aliphatic heterocycles. The fourth-order valence-electron chi connectivity index (χ4n) is 2.93. The summed E-state index contributed by atoms with van der Waals surface area (Å²) in [5.74, 6) is 0.260. The molecule has 0 saturated heterocycles. The van der Waals surface area contributed by atoms with Crippen LogP contribution in [0.2, 0.25) is 0 Å². The minimum absolute atomic E-state index is 0.00832. The molecule has 1 aromatic heterocycles. The lowest BCUT2D eigenvalue weighted by Gasteiger charge is -2.22. The van der Waals surface area contributed by atoms with Crippen molar-refractivity contribution < 1.29 is 9.59 Å². The topological polar surface area (TPSA) is 88.9 Å². The Morgan fingerprint density at radius 3 is 2.64 bits per heavy atom. The highest BCUT2D eigenvalue weighted by molar-refractivity contribution is 5.96. The molecule has 2 N–H and O–H groups in total. The summed E-state index contributed by atoms with van der Waals surface area (Å²) in [4.78, 5) is 24.4. The molecule has 2 aliphatic rings. The first-order chi connectivity index (χ1) is 10.6. The number of anilines is 1. The lowest BCUT2D eigenvalue weighted by atomic mass is 9.88. The zero-order chi connectivity index (χ0) is 15.5. The molecule has 1 heterocycles. The lowest BCUT2D eigenvalue weighted by molar-refractivity contribution is -0.129. The minimum atomic E-state index is -0.571. The zero-order valence-electron chi connectivity index (χ0n) is 12.9. The third-order valence-corrected chi connectivity index (χ3v) is 4.48. The Morgan fingerprint density at radius 1 is 1.23 bits per heavy atom. The van der Waals surface area contributed by atoms with E-state index in [1.807, 2.05) is 4.57 Å². The van der Waals surface area contributed by atoms with E-state index in [2.05, 4.69) is 20.8 Å². The van der Waals surface area contributed by atoms with Gasteiger partial charge in [-0.2, -0.15) is 0 Å².